The summed E-state index contributed by atoms with van der Waals surface area (Å²) in [5.41, 5.74) is 6.77. The summed E-state index contributed by atoms with van der Waals surface area (Å²) in [6.45, 7) is 0. The lowest BCUT2D eigenvalue weighted by Crippen LogP contribution is -2.17. The van der Waals surface area contributed by atoms with Gasteiger partial charge in [-0.1, -0.05) is 66.7 Å². The Kier molecular flexibility index (Phi) is 14.5. The van der Waals surface area contributed by atoms with E-state index < -0.39 is 11.9 Å². The summed E-state index contributed by atoms with van der Waals surface area (Å²) >= 11 is 11.8. The fraction of sp³-hybridized carbons (Fsp3) is 0.189. The average Bonchev–Trinajstić information content (AvgIpc) is 3.10. The van der Waals surface area contributed by atoms with Gasteiger partial charge in [-0.3, -0.25) is 9.59 Å². The molecule has 49 heavy (non-hydrogen) atoms. The summed E-state index contributed by atoms with van der Waals surface area (Å²) in [4.78, 5) is 49.4. The fourth-order valence-electron chi connectivity index (χ4n) is 4.41. The first-order chi connectivity index (χ1) is 23.8. The van der Waals surface area contributed by atoms with E-state index in [9.17, 15) is 19.2 Å². The lowest BCUT2D eigenvalue weighted by molar-refractivity contribution is -0.121. The number of carbonyl (C=O) groups excluding carboxylic acids is 4. The van der Waals surface area contributed by atoms with E-state index >= 15 is 0 Å². The smallest absolute Gasteiger partial charge is 0.343 e. The molecule has 0 spiro atoms. The monoisotopic (exact) mass is 700 g/mol. The first-order valence-corrected chi connectivity index (χ1v) is 16.3. The zero-order chi connectivity index (χ0) is 34.8. The van der Waals surface area contributed by atoms with Gasteiger partial charge in [-0.25, -0.2) is 20.4 Å². The number of nitrogens with zero attached hydrogens (tertiary/aromatic N) is 2. The van der Waals surface area contributed by atoms with Crippen LogP contribution >= 0.6 is 23.2 Å². The van der Waals surface area contributed by atoms with Gasteiger partial charge in [0.1, 0.15) is 11.5 Å². The van der Waals surface area contributed by atoms with Crippen molar-refractivity contribution in [3.8, 4) is 11.5 Å². The van der Waals surface area contributed by atoms with Crippen LogP contribution < -0.4 is 20.3 Å². The third kappa shape index (κ3) is 12.7. The number of unbranched alkanes of at least 4 members (excludes halogenated alkanes) is 4. The van der Waals surface area contributed by atoms with Crippen LogP contribution in [0, 0.1) is 0 Å². The van der Waals surface area contributed by atoms with Crippen LogP contribution in [0.4, 0.5) is 0 Å². The average molecular weight is 702 g/mol. The zero-order valence-corrected chi connectivity index (χ0v) is 28.0. The normalized spacial score (nSPS) is 11.0. The quantitative estimate of drug-likeness (QED) is 0.0403. The van der Waals surface area contributed by atoms with Crippen molar-refractivity contribution in [2.24, 2.45) is 10.2 Å². The van der Waals surface area contributed by atoms with Crippen LogP contribution in [0.2, 0.25) is 10.0 Å². The molecule has 252 valence electrons. The third-order valence-electron chi connectivity index (χ3n) is 7.00. The first kappa shape index (κ1) is 36.5. The van der Waals surface area contributed by atoms with Gasteiger partial charge in [-0.15, -0.1) is 0 Å². The number of amides is 2. The Hall–Kier alpha value is -5.32. The van der Waals surface area contributed by atoms with Crippen molar-refractivity contribution in [1.82, 2.24) is 10.9 Å². The van der Waals surface area contributed by atoms with Crippen molar-refractivity contribution in [3.05, 3.63) is 129 Å². The molecule has 0 aliphatic rings. The Balaban J connectivity index is 1.08. The number of hydrogen-bond donors (Lipinski definition) is 2. The predicted molar refractivity (Wildman–Crippen MR) is 189 cm³/mol. The number of nitrogens with one attached hydrogen (secondary N) is 2. The molecule has 4 aromatic rings. The maximum atomic E-state index is 12.5. The maximum absolute atomic E-state index is 12.5. The van der Waals surface area contributed by atoms with Crippen LogP contribution in [-0.4, -0.2) is 36.2 Å². The summed E-state index contributed by atoms with van der Waals surface area (Å²) in [6, 6.07) is 26.4. The summed E-state index contributed by atoms with van der Waals surface area (Å²) < 4.78 is 11.0. The van der Waals surface area contributed by atoms with Crippen LogP contribution in [0.5, 0.6) is 11.5 Å². The van der Waals surface area contributed by atoms with Crippen molar-refractivity contribution in [2.45, 2.75) is 44.9 Å². The molecule has 0 bridgehead atoms. The number of para-hydroxylation sites is 2. The van der Waals surface area contributed by atoms with Gasteiger partial charge in [-0.2, -0.15) is 10.2 Å². The van der Waals surface area contributed by atoms with E-state index in [0.29, 0.717) is 69.5 Å². The minimum absolute atomic E-state index is 0.231. The van der Waals surface area contributed by atoms with Crippen molar-refractivity contribution in [3.63, 3.8) is 0 Å². The molecule has 0 fully saturated rings. The standard InChI is InChI=1S/C37H34Cl2N4O6/c38-30-20-16-26(17-21-30)36(46)48-32-12-8-6-10-28(32)24-40-42-34(44)14-4-2-1-3-5-15-35(45)43-41-25-29-11-7-9-13-33(29)49-37(47)27-18-22-31(39)23-19-27/h6-13,16-25H,1-5,14-15H2,(H,42,44)(H,43,45)/b40-24-,41-25-. The predicted octanol–water partition coefficient (Wildman–Crippen LogP) is 7.76. The molecule has 0 aliphatic heterocycles. The van der Waals surface area contributed by atoms with E-state index in [1.807, 2.05) is 0 Å². The molecular formula is C37H34Cl2N4O6. The Morgan fingerprint density at radius 1 is 0.531 bits per heavy atom. The van der Waals surface area contributed by atoms with E-state index in [1.54, 1.807) is 97.1 Å². The van der Waals surface area contributed by atoms with Gasteiger partial charge in [0.2, 0.25) is 11.8 Å². The molecule has 4 rings (SSSR count). The summed E-state index contributed by atoms with van der Waals surface area (Å²) in [7, 11) is 0. The van der Waals surface area contributed by atoms with Crippen molar-refractivity contribution >= 4 is 59.4 Å². The molecule has 0 saturated heterocycles. The largest absolute Gasteiger partial charge is 0.422 e. The summed E-state index contributed by atoms with van der Waals surface area (Å²) in [5, 5.41) is 9.04. The number of halogens is 2. The first-order valence-electron chi connectivity index (χ1n) is 15.6. The Bertz CT molecular complexity index is 1660. The number of benzene rings is 4. The van der Waals surface area contributed by atoms with Crippen LogP contribution in [0.15, 0.2) is 107 Å². The Morgan fingerprint density at radius 3 is 1.31 bits per heavy atom. The molecule has 0 aliphatic carbocycles. The molecular weight excluding hydrogens is 667 g/mol. The fourth-order valence-corrected chi connectivity index (χ4v) is 4.66. The van der Waals surface area contributed by atoms with Crippen LogP contribution in [0.3, 0.4) is 0 Å². The molecule has 2 amide bonds. The lowest BCUT2D eigenvalue weighted by atomic mass is 10.1. The Labute approximate surface area is 294 Å². The second-order valence-electron chi connectivity index (χ2n) is 10.7. The summed E-state index contributed by atoms with van der Waals surface area (Å²) in [6.07, 6.45) is 7.32. The Morgan fingerprint density at radius 2 is 0.898 bits per heavy atom. The zero-order valence-electron chi connectivity index (χ0n) is 26.4. The van der Waals surface area contributed by atoms with Gasteiger partial charge in [0.15, 0.2) is 0 Å². The third-order valence-corrected chi connectivity index (χ3v) is 7.50. The highest BCUT2D eigenvalue weighted by Crippen LogP contribution is 2.20. The van der Waals surface area contributed by atoms with E-state index in [2.05, 4.69) is 21.1 Å². The molecule has 0 radical (unpaired) electrons. The van der Waals surface area contributed by atoms with Gasteiger partial charge in [0, 0.05) is 34.0 Å². The topological polar surface area (TPSA) is 136 Å². The number of ether oxygens (including phenoxy) is 2. The van der Waals surface area contributed by atoms with Crippen molar-refractivity contribution in [1.29, 1.82) is 0 Å². The minimum Gasteiger partial charge on any atom is -0.422 e. The second kappa shape index (κ2) is 19.5. The molecule has 12 heteroatoms. The van der Waals surface area contributed by atoms with Gasteiger partial charge < -0.3 is 9.47 Å². The number of esters is 2. The van der Waals surface area contributed by atoms with Crippen LogP contribution in [0.1, 0.15) is 76.8 Å². The van der Waals surface area contributed by atoms with Crippen molar-refractivity contribution in [2.75, 3.05) is 0 Å². The number of rotatable bonds is 16. The highest BCUT2D eigenvalue weighted by Gasteiger charge is 2.12. The molecule has 0 unspecified atom stereocenters. The highest BCUT2D eigenvalue weighted by atomic mass is 35.5. The van der Waals surface area contributed by atoms with Gasteiger partial charge >= 0.3 is 11.9 Å². The van der Waals surface area contributed by atoms with E-state index in [0.717, 1.165) is 19.3 Å². The minimum atomic E-state index is -0.537. The van der Waals surface area contributed by atoms with E-state index in [4.69, 9.17) is 32.7 Å². The molecule has 0 saturated carbocycles. The van der Waals surface area contributed by atoms with E-state index in [-0.39, 0.29) is 11.8 Å². The molecule has 0 atom stereocenters. The number of carbonyl (C=O) groups is 4. The SMILES string of the molecule is O=C(CCCCCCCC(=O)N/N=C\c1ccccc1OC(=O)c1ccc(Cl)cc1)N/N=C\c1ccccc1OC(=O)c1ccc(Cl)cc1. The molecule has 2 N–H and O–H groups in total. The van der Waals surface area contributed by atoms with Crippen LogP contribution in [0.25, 0.3) is 0 Å². The molecule has 0 heterocycles. The van der Waals surface area contributed by atoms with Gasteiger partial charge in [-0.05, 0) is 85.6 Å². The molecule has 0 aromatic heterocycles. The lowest BCUT2D eigenvalue weighted by Gasteiger charge is -2.07. The molecule has 4 aromatic carbocycles. The van der Waals surface area contributed by atoms with E-state index in [1.165, 1.54) is 12.4 Å². The summed E-state index contributed by atoms with van der Waals surface area (Å²) in [5.74, 6) is -0.926. The van der Waals surface area contributed by atoms with Crippen LogP contribution in [-0.2, 0) is 9.59 Å². The maximum Gasteiger partial charge on any atom is 0.343 e. The number of hydrazone groups is 2. The van der Waals surface area contributed by atoms with Gasteiger partial charge in [0.05, 0.1) is 23.6 Å². The molecule has 10 nitrogen and oxygen atoms in total. The van der Waals surface area contributed by atoms with Crippen molar-refractivity contribution < 1.29 is 28.7 Å². The second-order valence-corrected chi connectivity index (χ2v) is 11.6. The number of hydrogen-bond acceptors (Lipinski definition) is 8. The highest BCUT2D eigenvalue weighted by molar-refractivity contribution is 6.31. The van der Waals surface area contributed by atoms with Gasteiger partial charge in [0.25, 0.3) is 0 Å².